The molecule has 0 aliphatic carbocycles. The van der Waals surface area contributed by atoms with Crippen molar-refractivity contribution in [1.29, 1.82) is 0 Å². The summed E-state index contributed by atoms with van der Waals surface area (Å²) in [6.45, 7) is 6.81. The molecule has 1 unspecified atom stereocenters. The fourth-order valence-electron chi connectivity index (χ4n) is 1.90. The maximum absolute atomic E-state index is 11.1. The highest BCUT2D eigenvalue weighted by Gasteiger charge is 2.05. The van der Waals surface area contributed by atoms with Gasteiger partial charge in [0.2, 0.25) is 5.91 Å². The van der Waals surface area contributed by atoms with Crippen LogP contribution in [0.15, 0.2) is 24.3 Å². The van der Waals surface area contributed by atoms with Crippen LogP contribution in [0.5, 0.6) is 0 Å². The lowest BCUT2D eigenvalue weighted by molar-refractivity contribution is -0.114. The second-order valence-electron chi connectivity index (χ2n) is 5.40. The molecule has 2 N–H and O–H groups in total. The van der Waals surface area contributed by atoms with E-state index in [4.69, 9.17) is 4.74 Å². The Morgan fingerprint density at radius 1 is 1.33 bits per heavy atom. The van der Waals surface area contributed by atoms with E-state index in [1.807, 2.05) is 32.3 Å². The molecule has 0 saturated heterocycles. The van der Waals surface area contributed by atoms with Crippen LogP contribution in [-0.2, 0) is 9.53 Å². The minimum absolute atomic E-state index is 0.0537. The summed E-state index contributed by atoms with van der Waals surface area (Å²) in [7, 11) is 4.07. The number of amides is 1. The molecule has 0 aromatic heterocycles. The van der Waals surface area contributed by atoms with Gasteiger partial charge < -0.3 is 20.3 Å². The standard InChI is InChI=1S/C16H27N3O2/c1-13(17-8-10-21-11-9-19(3)4)15-6-5-7-16(12-15)18-14(2)20/h5-7,12-13,17H,8-11H2,1-4H3,(H,18,20). The molecular formula is C16H27N3O2. The fraction of sp³-hybridized carbons (Fsp3) is 0.562. The van der Waals surface area contributed by atoms with Crippen LogP contribution >= 0.6 is 0 Å². The SMILES string of the molecule is CC(=O)Nc1cccc(C(C)NCCOCCN(C)C)c1. The number of nitrogens with one attached hydrogen (secondary N) is 2. The molecule has 1 aromatic rings. The third-order valence-corrected chi connectivity index (χ3v) is 3.09. The third-order valence-electron chi connectivity index (χ3n) is 3.09. The predicted octanol–water partition coefficient (Wildman–Crippen LogP) is 1.87. The summed E-state index contributed by atoms with van der Waals surface area (Å²) in [4.78, 5) is 13.2. The van der Waals surface area contributed by atoms with Gasteiger partial charge in [-0.1, -0.05) is 12.1 Å². The number of hydrogen-bond acceptors (Lipinski definition) is 4. The minimum Gasteiger partial charge on any atom is -0.379 e. The van der Waals surface area contributed by atoms with Gasteiger partial charge in [0, 0.05) is 31.7 Å². The predicted molar refractivity (Wildman–Crippen MR) is 86.5 cm³/mol. The van der Waals surface area contributed by atoms with Crippen LogP contribution < -0.4 is 10.6 Å². The van der Waals surface area contributed by atoms with E-state index in [-0.39, 0.29) is 11.9 Å². The molecule has 118 valence electrons. The number of ether oxygens (including phenoxy) is 1. The van der Waals surface area contributed by atoms with E-state index in [9.17, 15) is 4.79 Å². The molecule has 21 heavy (non-hydrogen) atoms. The molecular weight excluding hydrogens is 266 g/mol. The summed E-state index contributed by atoms with van der Waals surface area (Å²) in [5.74, 6) is -0.0537. The highest BCUT2D eigenvalue weighted by atomic mass is 16.5. The van der Waals surface area contributed by atoms with Crippen molar-refractivity contribution < 1.29 is 9.53 Å². The first kappa shape index (κ1) is 17.6. The Balaban J connectivity index is 2.31. The van der Waals surface area contributed by atoms with Crippen molar-refractivity contribution >= 4 is 11.6 Å². The Labute approximate surface area is 127 Å². The van der Waals surface area contributed by atoms with Gasteiger partial charge in [0.15, 0.2) is 0 Å². The average Bonchev–Trinajstić information content (AvgIpc) is 2.41. The zero-order valence-electron chi connectivity index (χ0n) is 13.5. The van der Waals surface area contributed by atoms with E-state index >= 15 is 0 Å². The van der Waals surface area contributed by atoms with Crippen molar-refractivity contribution in [2.45, 2.75) is 19.9 Å². The zero-order valence-corrected chi connectivity index (χ0v) is 13.5. The Hall–Kier alpha value is -1.43. The Morgan fingerprint density at radius 3 is 2.76 bits per heavy atom. The van der Waals surface area contributed by atoms with Crippen LogP contribution in [0.4, 0.5) is 5.69 Å². The van der Waals surface area contributed by atoms with Gasteiger partial charge in [0.1, 0.15) is 0 Å². The second-order valence-corrected chi connectivity index (χ2v) is 5.40. The molecule has 0 aliphatic rings. The van der Waals surface area contributed by atoms with Crippen LogP contribution in [0.2, 0.25) is 0 Å². The number of carbonyl (C=O) groups is 1. The van der Waals surface area contributed by atoms with Crippen LogP contribution in [-0.4, -0.2) is 51.2 Å². The molecule has 0 aliphatic heterocycles. The van der Waals surface area contributed by atoms with E-state index in [0.29, 0.717) is 6.61 Å². The van der Waals surface area contributed by atoms with Crippen molar-refractivity contribution in [2.24, 2.45) is 0 Å². The van der Waals surface area contributed by atoms with Gasteiger partial charge >= 0.3 is 0 Å². The first-order valence-corrected chi connectivity index (χ1v) is 7.32. The lowest BCUT2D eigenvalue weighted by atomic mass is 10.1. The molecule has 0 radical (unpaired) electrons. The highest BCUT2D eigenvalue weighted by Crippen LogP contribution is 2.17. The number of benzene rings is 1. The van der Waals surface area contributed by atoms with Gasteiger partial charge in [-0.05, 0) is 38.7 Å². The fourth-order valence-corrected chi connectivity index (χ4v) is 1.90. The zero-order chi connectivity index (χ0) is 15.7. The lowest BCUT2D eigenvalue weighted by Crippen LogP contribution is -2.25. The molecule has 1 aromatic carbocycles. The summed E-state index contributed by atoms with van der Waals surface area (Å²) in [5.41, 5.74) is 1.98. The number of nitrogens with zero attached hydrogens (tertiary/aromatic N) is 1. The molecule has 0 saturated carbocycles. The van der Waals surface area contributed by atoms with E-state index < -0.39 is 0 Å². The lowest BCUT2D eigenvalue weighted by Gasteiger charge is -2.16. The third kappa shape index (κ3) is 7.80. The summed E-state index contributed by atoms with van der Waals surface area (Å²) in [6.07, 6.45) is 0. The Kier molecular flexibility index (Phi) is 7.97. The van der Waals surface area contributed by atoms with Gasteiger partial charge in [0.05, 0.1) is 13.2 Å². The smallest absolute Gasteiger partial charge is 0.221 e. The summed E-state index contributed by atoms with van der Waals surface area (Å²) in [5, 5.41) is 6.21. The van der Waals surface area contributed by atoms with Crippen molar-refractivity contribution in [3.05, 3.63) is 29.8 Å². The van der Waals surface area contributed by atoms with Crippen LogP contribution in [0, 0.1) is 0 Å². The van der Waals surface area contributed by atoms with Crippen molar-refractivity contribution in [3.8, 4) is 0 Å². The van der Waals surface area contributed by atoms with Crippen LogP contribution in [0.3, 0.4) is 0 Å². The first-order valence-electron chi connectivity index (χ1n) is 7.32. The molecule has 0 spiro atoms. The molecule has 1 atom stereocenters. The normalized spacial score (nSPS) is 12.4. The van der Waals surface area contributed by atoms with Gasteiger partial charge in [0.25, 0.3) is 0 Å². The van der Waals surface area contributed by atoms with E-state index in [1.165, 1.54) is 6.92 Å². The van der Waals surface area contributed by atoms with Crippen molar-refractivity contribution in [1.82, 2.24) is 10.2 Å². The van der Waals surface area contributed by atoms with Gasteiger partial charge in [-0.25, -0.2) is 0 Å². The van der Waals surface area contributed by atoms with Crippen LogP contribution in [0.1, 0.15) is 25.5 Å². The average molecular weight is 293 g/mol. The first-order chi connectivity index (χ1) is 9.99. The number of rotatable bonds is 9. The number of carbonyl (C=O) groups excluding carboxylic acids is 1. The van der Waals surface area contributed by atoms with E-state index in [1.54, 1.807) is 0 Å². The molecule has 5 nitrogen and oxygen atoms in total. The quantitative estimate of drug-likeness (QED) is 0.683. The molecule has 1 amide bonds. The molecule has 0 fully saturated rings. The minimum atomic E-state index is -0.0537. The second kappa shape index (κ2) is 9.50. The topological polar surface area (TPSA) is 53.6 Å². The summed E-state index contributed by atoms with van der Waals surface area (Å²) >= 11 is 0. The monoisotopic (exact) mass is 293 g/mol. The summed E-state index contributed by atoms with van der Waals surface area (Å²) < 4.78 is 5.55. The molecule has 0 heterocycles. The largest absolute Gasteiger partial charge is 0.379 e. The van der Waals surface area contributed by atoms with E-state index in [0.717, 1.165) is 30.9 Å². The molecule has 0 bridgehead atoms. The van der Waals surface area contributed by atoms with E-state index in [2.05, 4.69) is 28.5 Å². The highest BCUT2D eigenvalue weighted by molar-refractivity contribution is 5.88. The van der Waals surface area contributed by atoms with Gasteiger partial charge in [-0.2, -0.15) is 0 Å². The maximum Gasteiger partial charge on any atom is 0.221 e. The Bertz CT molecular complexity index is 435. The van der Waals surface area contributed by atoms with Crippen LogP contribution in [0.25, 0.3) is 0 Å². The van der Waals surface area contributed by atoms with Gasteiger partial charge in [-0.15, -0.1) is 0 Å². The number of hydrogen-bond donors (Lipinski definition) is 2. The van der Waals surface area contributed by atoms with Crippen molar-refractivity contribution in [2.75, 3.05) is 45.7 Å². The molecule has 1 rings (SSSR count). The Morgan fingerprint density at radius 2 is 2.10 bits per heavy atom. The number of likely N-dealkylation sites (N-methyl/N-ethyl adjacent to an activating group) is 1. The van der Waals surface area contributed by atoms with Crippen molar-refractivity contribution in [3.63, 3.8) is 0 Å². The van der Waals surface area contributed by atoms with Gasteiger partial charge in [-0.3, -0.25) is 4.79 Å². The maximum atomic E-state index is 11.1. The molecule has 5 heteroatoms. The summed E-state index contributed by atoms with van der Waals surface area (Å²) in [6, 6.07) is 8.10. The number of anilines is 1.